The van der Waals surface area contributed by atoms with Gasteiger partial charge in [-0.05, 0) is 25.5 Å². The smallest absolute Gasteiger partial charge is 0.146 e. The van der Waals surface area contributed by atoms with E-state index in [4.69, 9.17) is 16.3 Å². The molecule has 0 saturated carbocycles. The van der Waals surface area contributed by atoms with Gasteiger partial charge in [0.2, 0.25) is 0 Å². The summed E-state index contributed by atoms with van der Waals surface area (Å²) in [7, 11) is 1.61. The summed E-state index contributed by atoms with van der Waals surface area (Å²) >= 11 is 6.14. The van der Waals surface area contributed by atoms with Crippen molar-refractivity contribution < 1.29 is 9.13 Å². The number of alkyl halides is 2. The highest BCUT2D eigenvalue weighted by atomic mass is 35.5. The molecule has 0 saturated heterocycles. The Labute approximate surface area is 111 Å². The third-order valence-corrected chi connectivity index (χ3v) is 3.06. The van der Waals surface area contributed by atoms with E-state index < -0.39 is 0 Å². The van der Waals surface area contributed by atoms with Crippen LogP contribution in [0.2, 0.25) is 0 Å². The van der Waals surface area contributed by atoms with Gasteiger partial charge in [-0.2, -0.15) is 0 Å². The van der Waals surface area contributed by atoms with Crippen molar-refractivity contribution in [3.05, 3.63) is 24.0 Å². The van der Waals surface area contributed by atoms with Gasteiger partial charge in [-0.3, -0.25) is 4.39 Å². The van der Waals surface area contributed by atoms with Crippen LogP contribution in [0.3, 0.4) is 0 Å². The maximum absolute atomic E-state index is 12.4. The number of aromatic nitrogens is 2. The van der Waals surface area contributed by atoms with Crippen molar-refractivity contribution in [1.29, 1.82) is 0 Å². The number of hydrogen-bond acceptors (Lipinski definition) is 2. The van der Waals surface area contributed by atoms with Gasteiger partial charge in [-0.25, -0.2) is 4.98 Å². The fourth-order valence-electron chi connectivity index (χ4n) is 2.06. The Bertz CT molecular complexity index is 539. The summed E-state index contributed by atoms with van der Waals surface area (Å²) in [5, 5.41) is -0.221. The molecule has 5 heteroatoms. The van der Waals surface area contributed by atoms with Crippen LogP contribution in [-0.2, 0) is 6.54 Å². The predicted octanol–water partition coefficient (Wildman–Crippen LogP) is 3.70. The van der Waals surface area contributed by atoms with Crippen LogP contribution in [-0.4, -0.2) is 23.3 Å². The molecule has 0 N–H and O–H groups in total. The second kappa shape index (κ2) is 5.57. The fraction of sp³-hybridized carbons (Fsp3) is 0.462. The molecule has 1 atom stereocenters. The molecule has 0 radical (unpaired) electrons. The molecule has 98 valence electrons. The Hall–Kier alpha value is -1.29. The molecule has 0 aliphatic heterocycles. The minimum Gasteiger partial charge on any atom is -0.494 e. The number of methoxy groups -OCH3 is 1. The van der Waals surface area contributed by atoms with Gasteiger partial charge in [0.05, 0.1) is 24.7 Å². The molecule has 1 unspecified atom stereocenters. The molecule has 0 fully saturated rings. The summed E-state index contributed by atoms with van der Waals surface area (Å²) in [6.07, 6.45) is 0.458. The first-order valence-electron chi connectivity index (χ1n) is 5.92. The van der Waals surface area contributed by atoms with Gasteiger partial charge in [-0.1, -0.05) is 6.07 Å². The predicted molar refractivity (Wildman–Crippen MR) is 71.1 cm³/mol. The highest BCUT2D eigenvalue weighted by Crippen LogP contribution is 2.30. The maximum Gasteiger partial charge on any atom is 0.146 e. The minimum absolute atomic E-state index is 0.221. The lowest BCUT2D eigenvalue weighted by Gasteiger charge is -2.09. The van der Waals surface area contributed by atoms with E-state index in [0.29, 0.717) is 18.7 Å². The van der Waals surface area contributed by atoms with E-state index in [1.165, 1.54) is 0 Å². The monoisotopic (exact) mass is 270 g/mol. The van der Waals surface area contributed by atoms with Gasteiger partial charge >= 0.3 is 0 Å². The van der Waals surface area contributed by atoms with Crippen molar-refractivity contribution in [2.24, 2.45) is 0 Å². The molecule has 0 spiro atoms. The lowest BCUT2D eigenvalue weighted by molar-refractivity contribution is 0.419. The van der Waals surface area contributed by atoms with Gasteiger partial charge in [-0.15, -0.1) is 11.6 Å². The molecule has 0 aliphatic rings. The number of fused-ring (bicyclic) bond motifs is 1. The molecule has 18 heavy (non-hydrogen) atoms. The highest BCUT2D eigenvalue weighted by molar-refractivity contribution is 6.20. The third kappa shape index (κ3) is 2.29. The third-order valence-electron chi connectivity index (χ3n) is 2.86. The van der Waals surface area contributed by atoms with E-state index in [9.17, 15) is 4.39 Å². The second-order valence-electron chi connectivity index (χ2n) is 4.11. The summed E-state index contributed by atoms with van der Waals surface area (Å²) in [6.45, 7) is 2.09. The number of para-hydroxylation sites is 1. The number of hydrogen-bond donors (Lipinski definition) is 0. The minimum atomic E-state index is -0.347. The van der Waals surface area contributed by atoms with E-state index in [0.717, 1.165) is 16.9 Å². The lowest BCUT2D eigenvalue weighted by atomic mass is 10.3. The summed E-state index contributed by atoms with van der Waals surface area (Å²) in [6, 6.07) is 5.71. The zero-order valence-electron chi connectivity index (χ0n) is 10.5. The topological polar surface area (TPSA) is 27.1 Å². The molecule has 3 nitrogen and oxygen atoms in total. The number of benzene rings is 1. The quantitative estimate of drug-likeness (QED) is 0.775. The number of nitrogens with zero attached hydrogens (tertiary/aromatic N) is 2. The number of imidazole rings is 1. The van der Waals surface area contributed by atoms with E-state index in [2.05, 4.69) is 4.98 Å². The number of rotatable bonds is 5. The molecule has 0 bridgehead atoms. The van der Waals surface area contributed by atoms with Crippen LogP contribution in [0.5, 0.6) is 5.75 Å². The summed E-state index contributed by atoms with van der Waals surface area (Å²) in [5.41, 5.74) is 1.71. The van der Waals surface area contributed by atoms with Crippen molar-refractivity contribution in [1.82, 2.24) is 9.55 Å². The average molecular weight is 271 g/mol. The van der Waals surface area contributed by atoms with Crippen LogP contribution in [0.1, 0.15) is 24.5 Å². The van der Waals surface area contributed by atoms with Gasteiger partial charge in [0, 0.05) is 6.54 Å². The molecular formula is C13H16ClFN2O. The molecular weight excluding hydrogens is 255 g/mol. The first kappa shape index (κ1) is 13.1. The summed E-state index contributed by atoms with van der Waals surface area (Å²) < 4.78 is 19.6. The SMILES string of the molecule is COc1cccc2c1nc(C(C)Cl)n2CCCF. The summed E-state index contributed by atoms with van der Waals surface area (Å²) in [5.74, 6) is 1.47. The first-order valence-corrected chi connectivity index (χ1v) is 6.35. The molecule has 1 aromatic heterocycles. The van der Waals surface area contributed by atoms with Crippen molar-refractivity contribution in [3.8, 4) is 5.75 Å². The first-order chi connectivity index (χ1) is 8.69. The average Bonchev–Trinajstić information content (AvgIpc) is 2.75. The van der Waals surface area contributed by atoms with Crippen molar-refractivity contribution >= 4 is 22.6 Å². The van der Waals surface area contributed by atoms with Gasteiger partial charge in [0.1, 0.15) is 17.1 Å². The number of halogens is 2. The van der Waals surface area contributed by atoms with Crippen LogP contribution in [0.25, 0.3) is 11.0 Å². The molecule has 1 heterocycles. The Kier molecular flexibility index (Phi) is 4.07. The van der Waals surface area contributed by atoms with Gasteiger partial charge < -0.3 is 9.30 Å². The van der Waals surface area contributed by atoms with Crippen LogP contribution in [0, 0.1) is 0 Å². The number of aryl methyl sites for hydroxylation is 1. The van der Waals surface area contributed by atoms with Gasteiger partial charge in [0.15, 0.2) is 0 Å². The Balaban J connectivity index is 2.59. The maximum atomic E-state index is 12.4. The molecule has 2 aromatic rings. The van der Waals surface area contributed by atoms with Crippen LogP contribution < -0.4 is 4.74 Å². The van der Waals surface area contributed by atoms with Crippen LogP contribution in [0.15, 0.2) is 18.2 Å². The van der Waals surface area contributed by atoms with E-state index in [1.807, 2.05) is 29.7 Å². The fourth-order valence-corrected chi connectivity index (χ4v) is 2.23. The van der Waals surface area contributed by atoms with Crippen LogP contribution in [0.4, 0.5) is 4.39 Å². The van der Waals surface area contributed by atoms with Crippen molar-refractivity contribution in [2.45, 2.75) is 25.3 Å². The molecule has 0 aliphatic carbocycles. The standard InChI is InChI=1S/C13H16ClFN2O/c1-9(14)13-16-12-10(17(13)8-4-7-15)5-3-6-11(12)18-2/h3,5-6,9H,4,7-8H2,1-2H3. The highest BCUT2D eigenvalue weighted by Gasteiger charge is 2.16. The van der Waals surface area contributed by atoms with E-state index in [-0.39, 0.29) is 12.1 Å². The van der Waals surface area contributed by atoms with E-state index >= 15 is 0 Å². The zero-order valence-corrected chi connectivity index (χ0v) is 11.2. The van der Waals surface area contributed by atoms with Gasteiger partial charge in [0.25, 0.3) is 0 Å². The zero-order chi connectivity index (χ0) is 13.1. The molecule has 1 aromatic carbocycles. The van der Waals surface area contributed by atoms with Crippen LogP contribution >= 0.6 is 11.6 Å². The Morgan fingerprint density at radius 2 is 2.28 bits per heavy atom. The normalized spacial score (nSPS) is 12.9. The second-order valence-corrected chi connectivity index (χ2v) is 4.76. The van der Waals surface area contributed by atoms with E-state index in [1.54, 1.807) is 7.11 Å². The molecule has 0 amide bonds. The summed E-state index contributed by atoms with van der Waals surface area (Å²) in [4.78, 5) is 4.52. The molecule has 2 rings (SSSR count). The van der Waals surface area contributed by atoms with Crippen molar-refractivity contribution in [2.75, 3.05) is 13.8 Å². The van der Waals surface area contributed by atoms with Crippen molar-refractivity contribution in [3.63, 3.8) is 0 Å². The number of ether oxygens (including phenoxy) is 1. The lowest BCUT2D eigenvalue weighted by Crippen LogP contribution is -2.05. The Morgan fingerprint density at radius 1 is 1.50 bits per heavy atom. The largest absolute Gasteiger partial charge is 0.494 e. The Morgan fingerprint density at radius 3 is 2.89 bits per heavy atom.